The molecule has 0 bridgehead atoms. The van der Waals surface area contributed by atoms with Crippen molar-refractivity contribution in [2.45, 2.75) is 6.61 Å². The molecular weight excluding hydrogens is 336 g/mol. The average molecular weight is 345 g/mol. The minimum atomic E-state index is -0.630. The van der Waals surface area contributed by atoms with Crippen LogP contribution in [0, 0.1) is 9.39 Å². The van der Waals surface area contributed by atoms with Crippen LogP contribution >= 0.6 is 22.6 Å². The molecule has 1 aromatic heterocycles. The average Bonchev–Trinajstić information content (AvgIpc) is 2.34. The normalized spacial score (nSPS) is 10.3. The van der Waals surface area contributed by atoms with Crippen molar-refractivity contribution in [2.24, 2.45) is 0 Å². The molecule has 0 radical (unpaired) electrons. The summed E-state index contributed by atoms with van der Waals surface area (Å²) in [7, 11) is 0. The molecule has 0 fully saturated rings. The Morgan fingerprint density at radius 2 is 2.06 bits per heavy atom. The van der Waals surface area contributed by atoms with Gasteiger partial charge in [-0.15, -0.1) is 0 Å². The molecule has 88 valence electrons. The van der Waals surface area contributed by atoms with Crippen molar-refractivity contribution in [3.63, 3.8) is 0 Å². The molecular formula is C12H9FINO2. The van der Waals surface area contributed by atoms with Gasteiger partial charge in [-0.1, -0.05) is 12.1 Å². The number of aromatic nitrogens is 1. The van der Waals surface area contributed by atoms with Crippen molar-refractivity contribution in [2.75, 3.05) is 0 Å². The van der Waals surface area contributed by atoms with Crippen LogP contribution in [0.25, 0.3) is 0 Å². The molecule has 0 saturated carbocycles. The smallest absolute Gasteiger partial charge is 0.256 e. The van der Waals surface area contributed by atoms with E-state index < -0.39 is 5.82 Å². The fourth-order valence-electron chi connectivity index (χ4n) is 1.29. The minimum Gasteiger partial charge on any atom is -0.435 e. The predicted octanol–water partition coefficient (Wildman–Crippen LogP) is 3.11. The fraction of sp³-hybridized carbons (Fsp3) is 0.0833. The second kappa shape index (κ2) is 5.42. The van der Waals surface area contributed by atoms with Gasteiger partial charge in [0.15, 0.2) is 5.82 Å². The highest BCUT2D eigenvalue weighted by atomic mass is 127. The van der Waals surface area contributed by atoms with Crippen molar-refractivity contribution in [1.29, 1.82) is 0 Å². The molecule has 0 unspecified atom stereocenters. The number of halogens is 2. The quantitative estimate of drug-likeness (QED) is 0.870. The van der Waals surface area contributed by atoms with Gasteiger partial charge in [0.25, 0.3) is 5.88 Å². The van der Waals surface area contributed by atoms with Gasteiger partial charge in [-0.25, -0.2) is 9.37 Å². The summed E-state index contributed by atoms with van der Waals surface area (Å²) in [6.45, 7) is -0.378. The highest BCUT2D eigenvalue weighted by molar-refractivity contribution is 14.1. The number of hydrogen-bond acceptors (Lipinski definition) is 3. The summed E-state index contributed by atoms with van der Waals surface area (Å²) in [5.74, 6) is -0.218. The van der Waals surface area contributed by atoms with Crippen LogP contribution in [0.3, 0.4) is 0 Å². The van der Waals surface area contributed by atoms with E-state index >= 15 is 0 Å². The van der Waals surface area contributed by atoms with Gasteiger partial charge < -0.3 is 9.84 Å². The Kier molecular flexibility index (Phi) is 3.90. The van der Waals surface area contributed by atoms with Gasteiger partial charge in [-0.2, -0.15) is 0 Å². The summed E-state index contributed by atoms with van der Waals surface area (Å²) >= 11 is 2.09. The predicted molar refractivity (Wildman–Crippen MR) is 69.4 cm³/mol. The van der Waals surface area contributed by atoms with Gasteiger partial charge in [-0.3, -0.25) is 0 Å². The molecule has 0 amide bonds. The molecule has 0 saturated heterocycles. The molecule has 17 heavy (non-hydrogen) atoms. The van der Waals surface area contributed by atoms with Crippen molar-refractivity contribution in [1.82, 2.24) is 4.98 Å². The Labute approximate surface area is 111 Å². The molecule has 1 N–H and O–H groups in total. The third kappa shape index (κ3) is 2.73. The lowest BCUT2D eigenvalue weighted by Crippen LogP contribution is -1.97. The number of benzene rings is 1. The molecule has 5 heteroatoms. The first-order valence-corrected chi connectivity index (χ1v) is 5.97. The molecule has 0 aliphatic carbocycles. The molecule has 2 aromatic rings. The van der Waals surface area contributed by atoms with Gasteiger partial charge in [0.2, 0.25) is 0 Å². The van der Waals surface area contributed by atoms with E-state index in [2.05, 4.69) is 27.6 Å². The van der Waals surface area contributed by atoms with E-state index in [0.29, 0.717) is 5.75 Å². The Morgan fingerprint density at radius 1 is 1.29 bits per heavy atom. The third-order valence-electron chi connectivity index (χ3n) is 2.15. The van der Waals surface area contributed by atoms with Crippen LogP contribution in [0.5, 0.6) is 11.6 Å². The van der Waals surface area contributed by atoms with Gasteiger partial charge in [-0.05, 0) is 40.8 Å². The molecule has 2 rings (SSSR count). The second-order valence-electron chi connectivity index (χ2n) is 3.28. The fourth-order valence-corrected chi connectivity index (χ4v) is 1.78. The minimum absolute atomic E-state index is 0.124. The van der Waals surface area contributed by atoms with Crippen LogP contribution in [0.15, 0.2) is 36.5 Å². The summed E-state index contributed by atoms with van der Waals surface area (Å²) in [6.07, 6.45) is 1.40. The summed E-state index contributed by atoms with van der Waals surface area (Å²) in [5, 5.41) is 8.94. The molecule has 3 nitrogen and oxygen atoms in total. The summed E-state index contributed by atoms with van der Waals surface area (Å²) in [4.78, 5) is 3.81. The van der Waals surface area contributed by atoms with Gasteiger partial charge in [0.1, 0.15) is 5.75 Å². The number of pyridine rings is 1. The van der Waals surface area contributed by atoms with Gasteiger partial charge >= 0.3 is 0 Å². The van der Waals surface area contributed by atoms with E-state index in [1.165, 1.54) is 12.3 Å². The molecule has 0 atom stereocenters. The number of para-hydroxylation sites is 1. The Balaban J connectivity index is 2.34. The maximum atomic E-state index is 13.7. The molecule has 1 aromatic carbocycles. The van der Waals surface area contributed by atoms with Gasteiger partial charge in [0.05, 0.1) is 10.2 Å². The Bertz CT molecular complexity index is 534. The van der Waals surface area contributed by atoms with E-state index in [4.69, 9.17) is 9.84 Å². The highest BCUT2D eigenvalue weighted by Gasteiger charge is 2.12. The zero-order valence-electron chi connectivity index (χ0n) is 8.73. The Hall–Kier alpha value is -1.21. The van der Waals surface area contributed by atoms with Gasteiger partial charge in [0, 0.05) is 11.8 Å². The van der Waals surface area contributed by atoms with Crippen LogP contribution in [0.4, 0.5) is 4.39 Å². The summed E-state index contributed by atoms with van der Waals surface area (Å²) in [5.41, 5.74) is 0.168. The first-order chi connectivity index (χ1) is 8.22. The number of rotatable bonds is 3. The van der Waals surface area contributed by atoms with Crippen LogP contribution < -0.4 is 4.74 Å². The maximum Gasteiger partial charge on any atom is 0.256 e. The van der Waals surface area contributed by atoms with E-state index in [-0.39, 0.29) is 18.1 Å². The second-order valence-corrected chi connectivity index (χ2v) is 4.44. The largest absolute Gasteiger partial charge is 0.435 e. The monoisotopic (exact) mass is 345 g/mol. The van der Waals surface area contributed by atoms with Crippen molar-refractivity contribution >= 4 is 22.6 Å². The number of nitrogens with zero attached hydrogens (tertiary/aromatic N) is 1. The molecule has 0 spiro atoms. The van der Waals surface area contributed by atoms with Crippen LogP contribution in [-0.2, 0) is 6.61 Å². The molecule has 1 heterocycles. The zero-order chi connectivity index (χ0) is 12.3. The molecule has 0 aliphatic rings. The molecule has 0 aliphatic heterocycles. The lowest BCUT2D eigenvalue weighted by atomic mass is 10.2. The van der Waals surface area contributed by atoms with Crippen molar-refractivity contribution in [3.8, 4) is 11.6 Å². The van der Waals surface area contributed by atoms with Crippen LogP contribution in [0.2, 0.25) is 0 Å². The lowest BCUT2D eigenvalue weighted by Gasteiger charge is -2.08. The number of aliphatic hydroxyl groups is 1. The van der Waals surface area contributed by atoms with Crippen molar-refractivity contribution < 1.29 is 14.2 Å². The Morgan fingerprint density at radius 3 is 2.76 bits per heavy atom. The zero-order valence-corrected chi connectivity index (χ0v) is 10.9. The highest BCUT2D eigenvalue weighted by Crippen LogP contribution is 2.27. The third-order valence-corrected chi connectivity index (χ3v) is 3.04. The number of hydrogen-bond donors (Lipinski definition) is 1. The summed E-state index contributed by atoms with van der Waals surface area (Å²) < 4.78 is 20.0. The first kappa shape index (κ1) is 12.3. The number of ether oxygens (including phenoxy) is 1. The lowest BCUT2D eigenvalue weighted by molar-refractivity contribution is 0.273. The van der Waals surface area contributed by atoms with E-state index in [1.807, 2.05) is 12.1 Å². The van der Waals surface area contributed by atoms with E-state index in [0.717, 1.165) is 3.57 Å². The van der Waals surface area contributed by atoms with Crippen molar-refractivity contribution in [3.05, 3.63) is 51.5 Å². The SMILES string of the molecule is OCc1ccnc(Oc2ccccc2I)c1F. The van der Waals surface area contributed by atoms with Crippen LogP contribution in [-0.4, -0.2) is 10.1 Å². The summed E-state index contributed by atoms with van der Waals surface area (Å²) in [6, 6.07) is 8.66. The van der Waals surface area contributed by atoms with E-state index in [9.17, 15) is 4.39 Å². The van der Waals surface area contributed by atoms with E-state index in [1.54, 1.807) is 12.1 Å². The topological polar surface area (TPSA) is 42.4 Å². The maximum absolute atomic E-state index is 13.7. The number of aliphatic hydroxyl groups excluding tert-OH is 1. The standard InChI is InChI=1S/C12H9FINO2/c13-11-8(7-16)5-6-15-12(11)17-10-4-2-1-3-9(10)14/h1-6,16H,7H2. The van der Waals surface area contributed by atoms with Crippen LogP contribution in [0.1, 0.15) is 5.56 Å². The first-order valence-electron chi connectivity index (χ1n) is 4.89.